The van der Waals surface area contributed by atoms with Crippen molar-refractivity contribution < 1.29 is 9.53 Å². The summed E-state index contributed by atoms with van der Waals surface area (Å²) < 4.78 is 6.43. The highest BCUT2D eigenvalue weighted by molar-refractivity contribution is 6.54. The molecule has 67 heavy (non-hydrogen) atoms. The van der Waals surface area contributed by atoms with Gasteiger partial charge in [0.15, 0.2) is 0 Å². The van der Waals surface area contributed by atoms with E-state index in [4.69, 9.17) is 4.74 Å². The van der Waals surface area contributed by atoms with Crippen molar-refractivity contribution in [2.75, 3.05) is 0 Å². The largest absolute Gasteiger partial charge is 0.462 e. The second kappa shape index (κ2) is 11.0. The third kappa shape index (κ3) is 3.37. The number of esters is 1. The molecule has 3 saturated carbocycles. The highest BCUT2D eigenvalue weighted by Crippen LogP contribution is 2.97. The SMILES string of the molecule is CCC(C)CC(C)CC(C)C(C)OC(=O)CCCC1(c2cccc(C(C)CC)c2)C23C=C4Cc5cc6c7c8c5c4c4c5c9c%10c%11c%12c(cc%13cc(c%14c%13c%12c%10c(c%147)c58)C6)=CC5CC2C(C=9[C@]413)C=%115. The predicted molar refractivity (Wildman–Crippen MR) is 276 cm³/mol. The summed E-state index contributed by atoms with van der Waals surface area (Å²) in [6.07, 6.45) is 16.1. The van der Waals surface area contributed by atoms with Crippen LogP contribution in [0.1, 0.15) is 145 Å². The lowest BCUT2D eigenvalue weighted by molar-refractivity contribution is -0.151. The molecule has 9 aliphatic rings. The molecule has 1 spiro atoms. The van der Waals surface area contributed by atoms with E-state index in [2.05, 4.69) is 103 Å². The first-order valence-electron chi connectivity index (χ1n) is 26.9. The molecule has 10 unspecified atom stereocenters. The molecule has 0 radical (unpaired) electrons. The predicted octanol–water partition coefficient (Wildman–Crippen LogP) is 13.4. The molecule has 3 fully saturated rings. The average Bonchev–Trinajstić information content (AvgIpc) is 4.09. The van der Waals surface area contributed by atoms with Gasteiger partial charge in [-0.25, -0.2) is 0 Å². The zero-order valence-electron chi connectivity index (χ0n) is 40.2. The summed E-state index contributed by atoms with van der Waals surface area (Å²) in [5.74, 6) is 3.71. The number of carbonyl (C=O) groups excluding carboxylic acids is 1. The van der Waals surface area contributed by atoms with Crippen LogP contribution in [0.15, 0.2) is 48.5 Å². The second-order valence-electron chi connectivity index (χ2n) is 24.9. The van der Waals surface area contributed by atoms with Gasteiger partial charge in [-0.3, -0.25) is 4.79 Å². The van der Waals surface area contributed by atoms with Crippen molar-refractivity contribution >= 4 is 104 Å². The molecule has 11 atom stereocenters. The molecular formula is C65H58O2. The smallest absolute Gasteiger partial charge is 0.306 e. The monoisotopic (exact) mass is 870 g/mol. The molecule has 9 aromatic rings. The van der Waals surface area contributed by atoms with Gasteiger partial charge in [0.25, 0.3) is 0 Å². The van der Waals surface area contributed by atoms with Gasteiger partial charge in [0.2, 0.25) is 0 Å². The lowest BCUT2D eigenvalue weighted by Crippen LogP contribution is -2.35. The van der Waals surface area contributed by atoms with E-state index in [1.165, 1.54) is 35.4 Å². The molecule has 18 rings (SSSR count). The molecule has 9 aromatic carbocycles. The van der Waals surface area contributed by atoms with Gasteiger partial charge in [-0.2, -0.15) is 0 Å². The van der Waals surface area contributed by atoms with Crippen LogP contribution in [0.3, 0.4) is 0 Å². The van der Waals surface area contributed by atoms with E-state index in [1.54, 1.807) is 119 Å². The van der Waals surface area contributed by atoms with E-state index in [0.29, 0.717) is 41.9 Å². The third-order valence-electron chi connectivity index (χ3n) is 22.3. The van der Waals surface area contributed by atoms with Crippen molar-refractivity contribution in [3.63, 3.8) is 0 Å². The van der Waals surface area contributed by atoms with E-state index in [-0.39, 0.29) is 28.3 Å². The molecular weight excluding hydrogens is 813 g/mol. The van der Waals surface area contributed by atoms with E-state index in [1.807, 2.05) is 11.1 Å². The number of ether oxygens (including phenoxy) is 1. The van der Waals surface area contributed by atoms with Gasteiger partial charge in [0.05, 0.1) is 0 Å². The maximum Gasteiger partial charge on any atom is 0.306 e. The Balaban J connectivity index is 0.905. The molecule has 0 N–H and O–H groups in total. The number of hydrogen-bond acceptors (Lipinski definition) is 2. The Labute approximate surface area is 391 Å². The zero-order valence-corrected chi connectivity index (χ0v) is 40.2. The Morgan fingerprint density at radius 1 is 0.746 bits per heavy atom. The minimum absolute atomic E-state index is 0.00309. The fraction of sp³-hybridized carbons (Fsp3) is 0.431. The minimum Gasteiger partial charge on any atom is -0.462 e. The molecule has 0 amide bonds. The first-order valence-corrected chi connectivity index (χ1v) is 26.9. The van der Waals surface area contributed by atoms with Gasteiger partial charge < -0.3 is 4.74 Å². The summed E-state index contributed by atoms with van der Waals surface area (Å²) in [4.78, 5) is 14.3. The Bertz CT molecular complexity index is 4140. The highest BCUT2D eigenvalue weighted by atomic mass is 16.5. The Morgan fingerprint density at radius 2 is 1.51 bits per heavy atom. The first-order chi connectivity index (χ1) is 32.6. The van der Waals surface area contributed by atoms with Crippen LogP contribution >= 0.6 is 0 Å². The van der Waals surface area contributed by atoms with Gasteiger partial charge in [-0.1, -0.05) is 96.5 Å². The lowest BCUT2D eigenvalue weighted by Gasteiger charge is -2.35. The van der Waals surface area contributed by atoms with Crippen LogP contribution in [0.2, 0.25) is 0 Å². The molecule has 330 valence electrons. The molecule has 2 heteroatoms. The first kappa shape index (κ1) is 36.8. The van der Waals surface area contributed by atoms with Crippen LogP contribution in [-0.2, 0) is 33.2 Å². The minimum atomic E-state index is -0.140. The molecule has 0 aliphatic heterocycles. The summed E-state index contributed by atoms with van der Waals surface area (Å²) >= 11 is 0. The quantitative estimate of drug-likeness (QED) is 0.0804. The van der Waals surface area contributed by atoms with Gasteiger partial charge in [0, 0.05) is 34.5 Å². The molecule has 0 heterocycles. The number of rotatable bonds is 14. The molecule has 0 bridgehead atoms. The van der Waals surface area contributed by atoms with Crippen molar-refractivity contribution in [2.45, 2.75) is 136 Å². The van der Waals surface area contributed by atoms with Crippen LogP contribution in [-0.4, -0.2) is 12.1 Å². The number of hydrogen-bond donors (Lipinski definition) is 0. The number of allylic oxidation sites excluding steroid dienone is 2. The van der Waals surface area contributed by atoms with Crippen molar-refractivity contribution in [3.8, 4) is 0 Å². The highest BCUT2D eigenvalue weighted by Gasteiger charge is 2.96. The van der Waals surface area contributed by atoms with Gasteiger partial charge in [0.1, 0.15) is 6.10 Å². The normalized spacial score (nSPS) is 29.9. The summed E-state index contributed by atoms with van der Waals surface area (Å²) in [5, 5.41) is 27.5. The van der Waals surface area contributed by atoms with E-state index in [0.717, 1.165) is 44.4 Å². The Morgan fingerprint density at radius 3 is 2.36 bits per heavy atom. The van der Waals surface area contributed by atoms with Crippen molar-refractivity contribution in [2.24, 2.45) is 40.9 Å². The third-order valence-corrected chi connectivity index (χ3v) is 22.3. The maximum absolute atomic E-state index is 14.3. The maximum atomic E-state index is 14.3. The molecule has 0 saturated heterocycles. The van der Waals surface area contributed by atoms with Crippen molar-refractivity contribution in [1.29, 1.82) is 0 Å². The van der Waals surface area contributed by atoms with Crippen molar-refractivity contribution in [3.05, 3.63) is 103 Å². The summed E-state index contributed by atoms with van der Waals surface area (Å²) in [6.45, 7) is 16.3. The van der Waals surface area contributed by atoms with Crippen LogP contribution in [0.25, 0.3) is 98.2 Å². The van der Waals surface area contributed by atoms with Gasteiger partial charge in [-0.05, 0) is 241 Å². The summed E-state index contributed by atoms with van der Waals surface area (Å²) in [7, 11) is 0. The summed E-state index contributed by atoms with van der Waals surface area (Å²) in [5.41, 5.74) is 16.2. The molecule has 0 aromatic heterocycles. The fourth-order valence-corrected chi connectivity index (χ4v) is 20.1. The standard InChI is InChI=1S/C65H58O2/c1-8-27(3)16-28(4)17-30(6)31(7)67-42(66)14-11-15-63(40-13-10-12-32(24-40)29(5)9-2)64-26-39-23-37-21-35-19-33-18-34-20-36-22-38-25-41(64)50-46(38)54-48(36)52-44(34)43(33)51-47(35)53-45(37)49(39)61-59-57(53)55(51)56(52)58(54)60(59)62(50)65(61,63)64/h10,12-13,18,20-22,24,26-31,38,41,50H,8-9,11,14-17,19,23,25H2,1-7H3/t27?,28?,29?,30?,31?,38?,41?,50?,63?,64?,65-/m1/s1. The van der Waals surface area contributed by atoms with Crippen LogP contribution < -0.4 is 15.7 Å². The van der Waals surface area contributed by atoms with E-state index < -0.39 is 0 Å². The fourth-order valence-electron chi connectivity index (χ4n) is 20.1. The topological polar surface area (TPSA) is 26.3 Å². The average molecular weight is 871 g/mol. The number of carbonyl (C=O) groups is 1. The van der Waals surface area contributed by atoms with Crippen LogP contribution in [0, 0.1) is 40.9 Å². The van der Waals surface area contributed by atoms with E-state index in [9.17, 15) is 4.79 Å². The second-order valence-corrected chi connectivity index (χ2v) is 24.9. The zero-order chi connectivity index (χ0) is 44.4. The molecule has 9 aliphatic carbocycles. The van der Waals surface area contributed by atoms with E-state index >= 15 is 0 Å². The Kier molecular flexibility index (Phi) is 6.02. The Hall–Kier alpha value is -5.21. The van der Waals surface area contributed by atoms with Crippen LogP contribution in [0.4, 0.5) is 0 Å². The number of benzene rings is 6. The van der Waals surface area contributed by atoms with Crippen LogP contribution in [0.5, 0.6) is 0 Å². The summed E-state index contributed by atoms with van der Waals surface area (Å²) in [6, 6.07) is 18.1. The van der Waals surface area contributed by atoms with Gasteiger partial charge in [-0.15, -0.1) is 0 Å². The van der Waals surface area contributed by atoms with Crippen molar-refractivity contribution in [1.82, 2.24) is 0 Å². The van der Waals surface area contributed by atoms with Gasteiger partial charge >= 0.3 is 5.97 Å². The lowest BCUT2D eigenvalue weighted by atomic mass is 9.67. The molecule has 2 nitrogen and oxygen atoms in total.